The number of H-pyrrole nitrogens is 1. The highest BCUT2D eigenvalue weighted by Gasteiger charge is 2.14. The monoisotopic (exact) mass is 434 g/mol. The molecule has 1 amide bonds. The Morgan fingerprint density at radius 1 is 1.13 bits per heavy atom. The van der Waals surface area contributed by atoms with Crippen molar-refractivity contribution in [3.05, 3.63) is 71.9 Å². The van der Waals surface area contributed by atoms with Crippen LogP contribution in [0.25, 0.3) is 22.6 Å². The quantitative estimate of drug-likeness (QED) is 0.426. The van der Waals surface area contributed by atoms with E-state index < -0.39 is 18.5 Å². The lowest BCUT2D eigenvalue weighted by atomic mass is 10.1. The van der Waals surface area contributed by atoms with Gasteiger partial charge < -0.3 is 14.5 Å². The van der Waals surface area contributed by atoms with Gasteiger partial charge in [-0.05, 0) is 24.3 Å². The van der Waals surface area contributed by atoms with E-state index >= 15 is 0 Å². The van der Waals surface area contributed by atoms with Crippen molar-refractivity contribution in [2.24, 2.45) is 0 Å². The van der Waals surface area contributed by atoms with Crippen molar-refractivity contribution in [3.8, 4) is 28.4 Å². The summed E-state index contributed by atoms with van der Waals surface area (Å²) in [7, 11) is 1.59. The van der Waals surface area contributed by atoms with Crippen molar-refractivity contribution in [1.82, 2.24) is 15.0 Å². The lowest BCUT2D eigenvalue weighted by molar-refractivity contribution is -0.119. The first-order valence-corrected chi connectivity index (χ1v) is 10.2. The molecule has 2 aromatic heterocycles. The molecule has 0 atom stereocenters. The Labute approximate surface area is 181 Å². The number of nitrogens with zero attached hydrogens (tertiary/aromatic N) is 2. The number of thiazole rings is 1. The number of anilines is 1. The van der Waals surface area contributed by atoms with E-state index in [0.717, 1.165) is 11.1 Å². The number of benzene rings is 2. The van der Waals surface area contributed by atoms with E-state index in [2.05, 4.69) is 20.3 Å². The van der Waals surface area contributed by atoms with Crippen LogP contribution in [0.1, 0.15) is 10.4 Å². The molecule has 9 heteroatoms. The van der Waals surface area contributed by atoms with Crippen LogP contribution >= 0.6 is 11.3 Å². The number of ether oxygens (including phenoxy) is 2. The van der Waals surface area contributed by atoms with Crippen molar-refractivity contribution in [3.63, 3.8) is 0 Å². The summed E-state index contributed by atoms with van der Waals surface area (Å²) >= 11 is 1.27. The fourth-order valence-electron chi connectivity index (χ4n) is 2.87. The molecule has 156 valence electrons. The van der Waals surface area contributed by atoms with E-state index in [0.29, 0.717) is 28.0 Å². The van der Waals surface area contributed by atoms with Crippen molar-refractivity contribution in [2.75, 3.05) is 19.0 Å². The maximum Gasteiger partial charge on any atom is 0.338 e. The molecule has 0 unspecified atom stereocenters. The van der Waals surface area contributed by atoms with Gasteiger partial charge in [0.2, 0.25) is 0 Å². The molecule has 4 aromatic rings. The number of aromatic nitrogens is 3. The Kier molecular flexibility index (Phi) is 6.04. The fraction of sp³-hybridized carbons (Fsp3) is 0.0909. The van der Waals surface area contributed by atoms with E-state index in [1.807, 2.05) is 29.6 Å². The summed E-state index contributed by atoms with van der Waals surface area (Å²) in [6, 6.07) is 14.2. The normalized spacial score (nSPS) is 10.5. The molecule has 8 nitrogen and oxygen atoms in total. The second-order valence-corrected chi connectivity index (χ2v) is 7.24. The van der Waals surface area contributed by atoms with E-state index in [-0.39, 0.29) is 0 Å². The predicted molar refractivity (Wildman–Crippen MR) is 117 cm³/mol. The highest BCUT2D eigenvalue weighted by molar-refractivity contribution is 7.14. The highest BCUT2D eigenvalue weighted by Crippen LogP contribution is 2.31. The summed E-state index contributed by atoms with van der Waals surface area (Å²) in [5.41, 5.74) is 2.70. The third-order valence-corrected chi connectivity index (χ3v) is 5.12. The van der Waals surface area contributed by atoms with Crippen molar-refractivity contribution < 1.29 is 19.1 Å². The number of aromatic amines is 1. The van der Waals surface area contributed by atoms with Crippen LogP contribution in [0.4, 0.5) is 5.13 Å². The molecule has 2 N–H and O–H groups in total. The smallest absolute Gasteiger partial charge is 0.338 e. The molecular weight excluding hydrogens is 416 g/mol. The first-order chi connectivity index (χ1) is 15.1. The van der Waals surface area contributed by atoms with Crippen LogP contribution in [-0.2, 0) is 9.53 Å². The van der Waals surface area contributed by atoms with Gasteiger partial charge in [0.1, 0.15) is 11.6 Å². The minimum Gasteiger partial charge on any atom is -0.496 e. The van der Waals surface area contributed by atoms with Crippen LogP contribution in [0.3, 0.4) is 0 Å². The molecule has 0 bridgehead atoms. The summed E-state index contributed by atoms with van der Waals surface area (Å²) in [5, 5.41) is 4.87. The topological polar surface area (TPSA) is 106 Å². The maximum atomic E-state index is 12.2. The molecule has 0 aliphatic rings. The number of carbonyl (C=O) groups excluding carboxylic acids is 2. The Morgan fingerprint density at radius 3 is 2.68 bits per heavy atom. The minimum absolute atomic E-state index is 0.343. The fourth-order valence-corrected chi connectivity index (χ4v) is 3.59. The highest BCUT2D eigenvalue weighted by atomic mass is 32.1. The average Bonchev–Trinajstić information content (AvgIpc) is 3.50. The Hall–Kier alpha value is -3.98. The lowest BCUT2D eigenvalue weighted by Gasteiger charge is -2.06. The standard InChI is InChI=1S/C22H18N4O4S/c1-29-18-5-3-2-4-16(18)17-13-31-22(25-17)26-19(27)12-30-21(28)15-8-6-14(7-9-15)20-23-10-11-24-20/h2-11,13H,12H2,1H3,(H,23,24)(H,25,26,27). The number of carbonyl (C=O) groups is 2. The van der Waals surface area contributed by atoms with E-state index in [1.165, 1.54) is 11.3 Å². The summed E-state index contributed by atoms with van der Waals surface area (Å²) in [6.45, 7) is -0.414. The van der Waals surface area contributed by atoms with Gasteiger partial charge in [-0.15, -0.1) is 11.3 Å². The van der Waals surface area contributed by atoms with Gasteiger partial charge in [-0.2, -0.15) is 0 Å². The van der Waals surface area contributed by atoms with Gasteiger partial charge in [0.05, 0.1) is 18.4 Å². The number of rotatable bonds is 7. The number of esters is 1. The van der Waals surface area contributed by atoms with Crippen LogP contribution in [0, 0.1) is 0 Å². The van der Waals surface area contributed by atoms with Crippen molar-refractivity contribution >= 4 is 28.3 Å². The number of imidazole rings is 1. The summed E-state index contributed by atoms with van der Waals surface area (Å²) in [4.78, 5) is 35.9. The third kappa shape index (κ3) is 4.78. The summed E-state index contributed by atoms with van der Waals surface area (Å²) in [5.74, 6) is 0.337. The molecule has 2 aromatic carbocycles. The summed E-state index contributed by atoms with van der Waals surface area (Å²) < 4.78 is 10.4. The number of para-hydroxylation sites is 1. The first kappa shape index (κ1) is 20.3. The minimum atomic E-state index is -0.588. The van der Waals surface area contributed by atoms with Crippen LogP contribution in [0.15, 0.2) is 66.3 Å². The molecular formula is C22H18N4O4S. The van der Waals surface area contributed by atoms with E-state index in [1.54, 1.807) is 43.8 Å². The maximum absolute atomic E-state index is 12.2. The van der Waals surface area contributed by atoms with Gasteiger partial charge in [-0.1, -0.05) is 24.3 Å². The number of methoxy groups -OCH3 is 1. The first-order valence-electron chi connectivity index (χ1n) is 9.30. The van der Waals surface area contributed by atoms with Crippen LogP contribution < -0.4 is 10.1 Å². The largest absolute Gasteiger partial charge is 0.496 e. The molecule has 0 aliphatic heterocycles. The van der Waals surface area contributed by atoms with Gasteiger partial charge in [0.25, 0.3) is 5.91 Å². The lowest BCUT2D eigenvalue weighted by Crippen LogP contribution is -2.20. The molecule has 4 rings (SSSR count). The van der Waals surface area contributed by atoms with Crippen LogP contribution in [0.5, 0.6) is 5.75 Å². The predicted octanol–water partition coefficient (Wildman–Crippen LogP) is 4.00. The Morgan fingerprint density at radius 2 is 1.94 bits per heavy atom. The molecule has 31 heavy (non-hydrogen) atoms. The molecule has 0 fully saturated rings. The Bertz CT molecular complexity index is 1190. The van der Waals surface area contributed by atoms with E-state index in [4.69, 9.17) is 9.47 Å². The zero-order valence-corrected chi connectivity index (χ0v) is 17.3. The Balaban J connectivity index is 1.32. The van der Waals surface area contributed by atoms with Gasteiger partial charge in [0, 0.05) is 28.9 Å². The number of nitrogens with one attached hydrogen (secondary N) is 2. The van der Waals surface area contributed by atoms with Crippen LogP contribution in [0.2, 0.25) is 0 Å². The molecule has 2 heterocycles. The van der Waals surface area contributed by atoms with Crippen molar-refractivity contribution in [1.29, 1.82) is 0 Å². The molecule has 0 saturated carbocycles. The van der Waals surface area contributed by atoms with E-state index in [9.17, 15) is 9.59 Å². The molecule has 0 radical (unpaired) electrons. The van der Waals surface area contributed by atoms with Crippen molar-refractivity contribution in [2.45, 2.75) is 0 Å². The molecule has 0 spiro atoms. The van der Waals surface area contributed by atoms with Crippen LogP contribution in [-0.4, -0.2) is 40.5 Å². The zero-order chi connectivity index (χ0) is 21.6. The number of hydrogen-bond donors (Lipinski definition) is 2. The molecule has 0 saturated heterocycles. The van der Waals surface area contributed by atoms with Gasteiger partial charge in [0.15, 0.2) is 11.7 Å². The molecule has 0 aliphatic carbocycles. The SMILES string of the molecule is COc1ccccc1-c1csc(NC(=O)COC(=O)c2ccc(-c3ncc[nH]3)cc2)n1. The zero-order valence-electron chi connectivity index (χ0n) is 16.5. The van der Waals surface area contributed by atoms with Gasteiger partial charge in [-0.3, -0.25) is 10.1 Å². The van der Waals surface area contributed by atoms with Gasteiger partial charge in [-0.25, -0.2) is 14.8 Å². The van der Waals surface area contributed by atoms with Gasteiger partial charge >= 0.3 is 5.97 Å². The summed E-state index contributed by atoms with van der Waals surface area (Å²) in [6.07, 6.45) is 3.37. The third-order valence-electron chi connectivity index (χ3n) is 4.36. The number of amides is 1. The average molecular weight is 434 g/mol. The second-order valence-electron chi connectivity index (χ2n) is 6.38. The second kappa shape index (κ2) is 9.23. The number of hydrogen-bond acceptors (Lipinski definition) is 7.